The van der Waals surface area contributed by atoms with E-state index in [4.69, 9.17) is 0 Å². The first-order chi connectivity index (χ1) is 8.83. The lowest BCUT2D eigenvalue weighted by atomic mass is 9.97. The molecule has 2 aromatic heterocycles. The van der Waals surface area contributed by atoms with E-state index in [-0.39, 0.29) is 0 Å². The molecule has 1 saturated heterocycles. The zero-order valence-corrected chi connectivity index (χ0v) is 10.0. The number of nitrogens with zero attached hydrogens (tertiary/aromatic N) is 3. The fourth-order valence-electron chi connectivity index (χ4n) is 2.48. The van der Waals surface area contributed by atoms with Gasteiger partial charge in [-0.3, -0.25) is 0 Å². The van der Waals surface area contributed by atoms with Gasteiger partial charge in [0, 0.05) is 31.4 Å². The Morgan fingerprint density at radius 3 is 3.11 bits per heavy atom. The predicted molar refractivity (Wildman–Crippen MR) is 67.0 cm³/mol. The smallest absolute Gasteiger partial charge is 0.214 e. The van der Waals surface area contributed by atoms with Gasteiger partial charge < -0.3 is 9.88 Å². The highest BCUT2D eigenvalue weighted by Gasteiger charge is 2.23. The number of pyridine rings is 1. The molecule has 1 N–H and O–H groups in total. The summed E-state index contributed by atoms with van der Waals surface area (Å²) >= 11 is 0. The van der Waals surface area contributed by atoms with E-state index in [1.807, 2.05) is 12.3 Å². The van der Waals surface area contributed by atoms with E-state index < -0.39 is 5.95 Å². The highest BCUT2D eigenvalue weighted by atomic mass is 19.1. The van der Waals surface area contributed by atoms with Crippen LogP contribution in [0.3, 0.4) is 0 Å². The third kappa shape index (κ3) is 2.20. The number of rotatable bonds is 2. The zero-order chi connectivity index (χ0) is 12.4. The first-order valence-electron chi connectivity index (χ1n) is 6.20. The number of aromatic amines is 1. The minimum absolute atomic E-state index is 0.374. The lowest BCUT2D eigenvalue weighted by Crippen LogP contribution is -2.35. The second kappa shape index (κ2) is 4.76. The number of H-pyrrole nitrogens is 1. The number of piperidine rings is 1. The third-order valence-corrected chi connectivity index (χ3v) is 3.35. The van der Waals surface area contributed by atoms with Gasteiger partial charge in [-0.2, -0.15) is 4.39 Å². The Kier molecular flexibility index (Phi) is 2.96. The number of aromatic nitrogens is 3. The second-order valence-electron chi connectivity index (χ2n) is 4.58. The van der Waals surface area contributed by atoms with Crippen molar-refractivity contribution >= 4 is 5.82 Å². The molecule has 0 radical (unpaired) electrons. The van der Waals surface area contributed by atoms with Crippen LogP contribution in [0.15, 0.2) is 30.6 Å². The molecule has 3 rings (SSSR count). The second-order valence-corrected chi connectivity index (χ2v) is 4.58. The van der Waals surface area contributed by atoms with Crippen LogP contribution in [0.4, 0.5) is 10.2 Å². The molecule has 1 unspecified atom stereocenters. The van der Waals surface area contributed by atoms with Crippen LogP contribution in [0.25, 0.3) is 0 Å². The summed E-state index contributed by atoms with van der Waals surface area (Å²) in [4.78, 5) is 13.5. The van der Waals surface area contributed by atoms with E-state index in [2.05, 4.69) is 19.9 Å². The molecule has 94 valence electrons. The zero-order valence-electron chi connectivity index (χ0n) is 10.0. The molecule has 1 fully saturated rings. The molecule has 1 atom stereocenters. The highest BCUT2D eigenvalue weighted by molar-refractivity contribution is 5.39. The summed E-state index contributed by atoms with van der Waals surface area (Å²) in [6, 6.07) is 4.93. The molecular formula is C13H15FN4. The number of hydrogen-bond acceptors (Lipinski definition) is 3. The summed E-state index contributed by atoms with van der Waals surface area (Å²) in [6.07, 6.45) is 5.80. The van der Waals surface area contributed by atoms with Crippen molar-refractivity contribution in [2.75, 3.05) is 18.0 Å². The topological polar surface area (TPSA) is 44.8 Å². The first kappa shape index (κ1) is 11.2. The largest absolute Gasteiger partial charge is 0.356 e. The van der Waals surface area contributed by atoms with Gasteiger partial charge in [0.15, 0.2) is 0 Å². The van der Waals surface area contributed by atoms with Crippen LogP contribution in [0, 0.1) is 5.95 Å². The molecule has 18 heavy (non-hydrogen) atoms. The predicted octanol–water partition coefficient (Wildman–Crippen LogP) is 2.33. The van der Waals surface area contributed by atoms with Gasteiger partial charge in [0.05, 0.1) is 0 Å². The maximum absolute atomic E-state index is 13.1. The van der Waals surface area contributed by atoms with Crippen molar-refractivity contribution in [1.29, 1.82) is 0 Å². The number of hydrogen-bond donors (Lipinski definition) is 1. The Labute approximate surface area is 105 Å². The molecule has 0 saturated carbocycles. The van der Waals surface area contributed by atoms with Crippen molar-refractivity contribution < 1.29 is 4.39 Å². The van der Waals surface area contributed by atoms with Gasteiger partial charge in [0.25, 0.3) is 0 Å². The van der Waals surface area contributed by atoms with Crippen LogP contribution in [0.5, 0.6) is 0 Å². The van der Waals surface area contributed by atoms with E-state index in [1.54, 1.807) is 12.3 Å². The lowest BCUT2D eigenvalue weighted by molar-refractivity contribution is 0.487. The van der Waals surface area contributed by atoms with Gasteiger partial charge in [-0.15, -0.1) is 0 Å². The molecular weight excluding hydrogens is 231 g/mol. The summed E-state index contributed by atoms with van der Waals surface area (Å²) in [5.41, 5.74) is 0. The van der Waals surface area contributed by atoms with Crippen molar-refractivity contribution in [3.8, 4) is 0 Å². The number of halogens is 1. The molecule has 0 aromatic carbocycles. The number of nitrogens with one attached hydrogen (secondary N) is 1. The average Bonchev–Trinajstić information content (AvgIpc) is 2.93. The Morgan fingerprint density at radius 2 is 2.33 bits per heavy atom. The van der Waals surface area contributed by atoms with Crippen LogP contribution >= 0.6 is 0 Å². The molecule has 0 aliphatic carbocycles. The molecule has 0 amide bonds. The standard InChI is InChI=1S/C13H15FN4/c14-11-4-1-5-12(17-11)18-8-2-3-10(9-18)13-15-6-7-16-13/h1,4-7,10H,2-3,8-9H2,(H,15,16). The summed E-state index contributed by atoms with van der Waals surface area (Å²) in [6.45, 7) is 1.76. The van der Waals surface area contributed by atoms with Crippen molar-refractivity contribution in [1.82, 2.24) is 15.0 Å². The van der Waals surface area contributed by atoms with Gasteiger partial charge in [-0.1, -0.05) is 6.07 Å². The Balaban J connectivity index is 1.78. The fraction of sp³-hybridized carbons (Fsp3) is 0.385. The van der Waals surface area contributed by atoms with Gasteiger partial charge >= 0.3 is 0 Å². The maximum atomic E-state index is 13.1. The molecule has 2 aromatic rings. The average molecular weight is 246 g/mol. The highest BCUT2D eigenvalue weighted by Crippen LogP contribution is 2.27. The van der Waals surface area contributed by atoms with Crippen LogP contribution in [-0.2, 0) is 0 Å². The van der Waals surface area contributed by atoms with Crippen molar-refractivity contribution in [3.05, 3.63) is 42.4 Å². The van der Waals surface area contributed by atoms with Crippen LogP contribution < -0.4 is 4.90 Å². The van der Waals surface area contributed by atoms with E-state index in [1.165, 1.54) is 6.07 Å². The molecule has 0 bridgehead atoms. The van der Waals surface area contributed by atoms with E-state index in [0.717, 1.165) is 31.8 Å². The van der Waals surface area contributed by atoms with Gasteiger partial charge in [0.1, 0.15) is 11.6 Å². The summed E-state index contributed by atoms with van der Waals surface area (Å²) < 4.78 is 13.1. The van der Waals surface area contributed by atoms with Gasteiger partial charge in [0.2, 0.25) is 5.95 Å². The normalized spacial score (nSPS) is 20.1. The SMILES string of the molecule is Fc1cccc(N2CCCC(c3ncc[nH]3)C2)n1. The van der Waals surface area contributed by atoms with E-state index in [9.17, 15) is 4.39 Å². The monoisotopic (exact) mass is 246 g/mol. The van der Waals surface area contributed by atoms with Gasteiger partial charge in [-0.05, 0) is 25.0 Å². The third-order valence-electron chi connectivity index (χ3n) is 3.35. The minimum Gasteiger partial charge on any atom is -0.356 e. The Hall–Kier alpha value is -1.91. The first-order valence-corrected chi connectivity index (χ1v) is 6.20. The molecule has 0 spiro atoms. The molecule has 3 heterocycles. The van der Waals surface area contributed by atoms with Crippen molar-refractivity contribution in [3.63, 3.8) is 0 Å². The van der Waals surface area contributed by atoms with E-state index >= 15 is 0 Å². The van der Waals surface area contributed by atoms with Crippen LogP contribution in [0.1, 0.15) is 24.6 Å². The van der Waals surface area contributed by atoms with Crippen LogP contribution in [-0.4, -0.2) is 28.0 Å². The van der Waals surface area contributed by atoms with Gasteiger partial charge in [-0.25, -0.2) is 9.97 Å². The van der Waals surface area contributed by atoms with Crippen molar-refractivity contribution in [2.24, 2.45) is 0 Å². The van der Waals surface area contributed by atoms with Crippen LogP contribution in [0.2, 0.25) is 0 Å². The quantitative estimate of drug-likeness (QED) is 0.827. The van der Waals surface area contributed by atoms with E-state index in [0.29, 0.717) is 11.7 Å². The summed E-state index contributed by atoms with van der Waals surface area (Å²) in [5.74, 6) is 1.67. The number of anilines is 1. The summed E-state index contributed by atoms with van der Waals surface area (Å²) in [5, 5.41) is 0. The molecule has 1 aliphatic heterocycles. The molecule has 4 nitrogen and oxygen atoms in total. The minimum atomic E-state index is -0.423. The lowest BCUT2D eigenvalue weighted by Gasteiger charge is -2.32. The molecule has 1 aliphatic rings. The number of imidazole rings is 1. The summed E-state index contributed by atoms with van der Waals surface area (Å²) in [7, 11) is 0. The molecule has 5 heteroatoms. The van der Waals surface area contributed by atoms with Crippen molar-refractivity contribution in [2.45, 2.75) is 18.8 Å². The Bertz CT molecular complexity index is 511. The Morgan fingerprint density at radius 1 is 1.39 bits per heavy atom. The maximum Gasteiger partial charge on any atom is 0.214 e. The fourth-order valence-corrected chi connectivity index (χ4v) is 2.48.